The summed E-state index contributed by atoms with van der Waals surface area (Å²) in [6.45, 7) is -0.336. The van der Waals surface area contributed by atoms with Crippen molar-refractivity contribution in [2.24, 2.45) is 4.99 Å². The Kier molecular flexibility index (Phi) is 5.77. The quantitative estimate of drug-likeness (QED) is 0.363. The van der Waals surface area contributed by atoms with Crippen LogP contribution < -0.4 is 10.6 Å². The first kappa shape index (κ1) is 22.1. The van der Waals surface area contributed by atoms with E-state index in [1.54, 1.807) is 30.6 Å². The lowest BCUT2D eigenvalue weighted by Gasteiger charge is -2.18. The second-order valence-electron chi connectivity index (χ2n) is 7.82. The van der Waals surface area contributed by atoms with Gasteiger partial charge in [-0.05, 0) is 18.2 Å². The standard InChI is InChI=1S/C21H20F4N8O/c22-14-9-26-5-4-16(14)30-15-2-1-3-17-13(15)6-18(33(17)11-21(23,24)25)20-31-19(34-32-20)10-27-12-7-28-29-8-12/h1-3,6-8,14,26-27H,4-5,9-11H2,(H,28,29)/b30-16+/t14-/m0/s1. The van der Waals surface area contributed by atoms with Crippen LogP contribution in [0.5, 0.6) is 0 Å². The fourth-order valence-corrected chi connectivity index (χ4v) is 3.86. The van der Waals surface area contributed by atoms with Crippen molar-refractivity contribution in [2.45, 2.75) is 31.9 Å². The maximum Gasteiger partial charge on any atom is 0.406 e. The Labute approximate surface area is 190 Å². The van der Waals surface area contributed by atoms with Crippen LogP contribution in [0.15, 0.2) is 46.2 Å². The smallest absolute Gasteiger partial charge is 0.374 e. The molecule has 0 spiro atoms. The minimum absolute atomic E-state index is 0.00767. The van der Waals surface area contributed by atoms with Crippen LogP contribution in [-0.2, 0) is 13.1 Å². The molecule has 178 valence electrons. The lowest BCUT2D eigenvalue weighted by atomic mass is 10.1. The number of hydrogen-bond donors (Lipinski definition) is 3. The summed E-state index contributed by atoms with van der Waals surface area (Å²) < 4.78 is 61.0. The average molecular weight is 476 g/mol. The maximum absolute atomic E-state index is 14.3. The first-order valence-electron chi connectivity index (χ1n) is 10.5. The largest absolute Gasteiger partial charge is 0.406 e. The van der Waals surface area contributed by atoms with Crippen LogP contribution in [-0.4, -0.2) is 56.1 Å². The maximum atomic E-state index is 14.3. The van der Waals surface area contributed by atoms with Gasteiger partial charge in [0.25, 0.3) is 0 Å². The fourth-order valence-electron chi connectivity index (χ4n) is 3.86. The van der Waals surface area contributed by atoms with Gasteiger partial charge in [-0.2, -0.15) is 23.3 Å². The molecule has 0 amide bonds. The second-order valence-corrected chi connectivity index (χ2v) is 7.82. The van der Waals surface area contributed by atoms with E-state index in [1.165, 1.54) is 6.07 Å². The summed E-state index contributed by atoms with van der Waals surface area (Å²) in [6, 6.07) is 6.35. The molecule has 0 unspecified atom stereocenters. The molecule has 1 atom stereocenters. The zero-order valence-electron chi connectivity index (χ0n) is 17.7. The summed E-state index contributed by atoms with van der Waals surface area (Å²) in [5.74, 6) is 0.198. The number of aromatic amines is 1. The van der Waals surface area contributed by atoms with Crippen LogP contribution in [0.25, 0.3) is 22.4 Å². The Balaban J connectivity index is 1.54. The Morgan fingerprint density at radius 3 is 2.94 bits per heavy atom. The van der Waals surface area contributed by atoms with Crippen molar-refractivity contribution >= 4 is 28.0 Å². The molecule has 5 rings (SSSR count). The monoisotopic (exact) mass is 476 g/mol. The Morgan fingerprint density at radius 1 is 1.29 bits per heavy atom. The molecule has 1 aliphatic rings. The number of alkyl halides is 4. The van der Waals surface area contributed by atoms with E-state index in [-0.39, 0.29) is 30.5 Å². The molecule has 1 aliphatic heterocycles. The minimum atomic E-state index is -4.49. The van der Waals surface area contributed by atoms with Crippen molar-refractivity contribution in [3.63, 3.8) is 0 Å². The first-order valence-corrected chi connectivity index (χ1v) is 10.5. The molecular formula is C21H20F4N8O. The molecule has 0 radical (unpaired) electrons. The van der Waals surface area contributed by atoms with E-state index in [0.717, 1.165) is 4.57 Å². The van der Waals surface area contributed by atoms with Gasteiger partial charge in [0.2, 0.25) is 11.7 Å². The molecule has 3 aromatic heterocycles. The van der Waals surface area contributed by atoms with Gasteiger partial charge >= 0.3 is 6.18 Å². The molecule has 0 aliphatic carbocycles. The summed E-state index contributed by atoms with van der Waals surface area (Å²) in [6.07, 6.45) is -2.12. The van der Waals surface area contributed by atoms with E-state index >= 15 is 0 Å². The second kappa shape index (κ2) is 8.89. The number of fused-ring (bicyclic) bond motifs is 1. The predicted molar refractivity (Wildman–Crippen MR) is 117 cm³/mol. The molecule has 0 saturated carbocycles. The van der Waals surface area contributed by atoms with E-state index in [4.69, 9.17) is 4.52 Å². The van der Waals surface area contributed by atoms with E-state index in [2.05, 4.69) is 36.0 Å². The number of halogens is 4. The van der Waals surface area contributed by atoms with Crippen molar-refractivity contribution in [3.8, 4) is 11.5 Å². The van der Waals surface area contributed by atoms with Crippen LogP contribution in [0.3, 0.4) is 0 Å². The third-order valence-electron chi connectivity index (χ3n) is 5.41. The van der Waals surface area contributed by atoms with Crippen LogP contribution in [0.1, 0.15) is 12.3 Å². The third-order valence-corrected chi connectivity index (χ3v) is 5.41. The van der Waals surface area contributed by atoms with Gasteiger partial charge in [-0.25, -0.2) is 4.39 Å². The highest BCUT2D eigenvalue weighted by atomic mass is 19.4. The Morgan fingerprint density at radius 2 is 2.18 bits per heavy atom. The summed E-state index contributed by atoms with van der Waals surface area (Å²) in [7, 11) is 0. The zero-order chi connectivity index (χ0) is 23.7. The van der Waals surface area contributed by atoms with Crippen LogP contribution in [0, 0.1) is 0 Å². The summed E-state index contributed by atoms with van der Waals surface area (Å²) in [5.41, 5.74) is 1.87. The zero-order valence-corrected chi connectivity index (χ0v) is 17.7. The van der Waals surface area contributed by atoms with Gasteiger partial charge in [0.1, 0.15) is 6.54 Å². The van der Waals surface area contributed by atoms with Crippen molar-refractivity contribution in [3.05, 3.63) is 42.5 Å². The lowest BCUT2D eigenvalue weighted by molar-refractivity contribution is -0.139. The Hall–Kier alpha value is -3.74. The molecular weight excluding hydrogens is 456 g/mol. The number of nitrogens with zero attached hydrogens (tertiary/aromatic N) is 5. The average Bonchev–Trinajstić information content (AvgIpc) is 3.54. The van der Waals surface area contributed by atoms with Crippen molar-refractivity contribution in [2.75, 3.05) is 18.4 Å². The SMILES string of the molecule is F[C@H]1CNCC/C1=N\c1cccc2c1cc(-c1noc(CNc3cn[nH]c3)n1)n2CC(F)(F)F. The molecule has 4 heterocycles. The van der Waals surface area contributed by atoms with Gasteiger partial charge in [-0.1, -0.05) is 11.2 Å². The van der Waals surface area contributed by atoms with E-state index in [0.29, 0.717) is 41.0 Å². The summed E-state index contributed by atoms with van der Waals surface area (Å²) >= 11 is 0. The van der Waals surface area contributed by atoms with Gasteiger partial charge in [0, 0.05) is 31.1 Å². The summed E-state index contributed by atoms with van der Waals surface area (Å²) in [5, 5.41) is 16.8. The first-order chi connectivity index (χ1) is 16.4. The number of H-pyrrole nitrogens is 1. The van der Waals surface area contributed by atoms with Crippen LogP contribution in [0.4, 0.5) is 28.9 Å². The van der Waals surface area contributed by atoms with E-state index in [1.807, 2.05) is 0 Å². The molecule has 9 nitrogen and oxygen atoms in total. The number of anilines is 1. The number of nitrogens with one attached hydrogen (secondary N) is 3. The summed E-state index contributed by atoms with van der Waals surface area (Å²) in [4.78, 5) is 8.72. The number of aliphatic imine (C=N–C) groups is 1. The molecule has 3 N–H and O–H groups in total. The number of aromatic nitrogens is 5. The molecule has 1 aromatic carbocycles. The van der Waals surface area contributed by atoms with Gasteiger partial charge in [-0.3, -0.25) is 10.1 Å². The highest BCUT2D eigenvalue weighted by Gasteiger charge is 2.31. The molecule has 34 heavy (non-hydrogen) atoms. The molecule has 13 heteroatoms. The van der Waals surface area contributed by atoms with Gasteiger partial charge in [0.05, 0.1) is 41.0 Å². The van der Waals surface area contributed by atoms with Gasteiger partial charge in [-0.15, -0.1) is 0 Å². The van der Waals surface area contributed by atoms with Crippen molar-refractivity contribution in [1.82, 2.24) is 30.2 Å². The lowest BCUT2D eigenvalue weighted by Crippen LogP contribution is -2.38. The predicted octanol–water partition coefficient (Wildman–Crippen LogP) is 3.99. The van der Waals surface area contributed by atoms with Crippen molar-refractivity contribution < 1.29 is 22.1 Å². The molecule has 1 saturated heterocycles. The number of benzene rings is 1. The normalized spacial score (nSPS) is 18.1. The topological polar surface area (TPSA) is 109 Å². The van der Waals surface area contributed by atoms with Crippen molar-refractivity contribution in [1.29, 1.82) is 0 Å². The number of piperidine rings is 1. The number of rotatable bonds is 6. The van der Waals surface area contributed by atoms with E-state index < -0.39 is 18.9 Å². The van der Waals surface area contributed by atoms with Gasteiger partial charge in [0.15, 0.2) is 6.17 Å². The molecule has 1 fully saturated rings. The molecule has 4 aromatic rings. The van der Waals surface area contributed by atoms with Gasteiger partial charge < -0.3 is 19.7 Å². The third kappa shape index (κ3) is 4.64. The highest BCUT2D eigenvalue weighted by Crippen LogP contribution is 2.35. The van der Waals surface area contributed by atoms with Crippen LogP contribution >= 0.6 is 0 Å². The minimum Gasteiger partial charge on any atom is -0.374 e. The van der Waals surface area contributed by atoms with Crippen LogP contribution in [0.2, 0.25) is 0 Å². The molecule has 0 bridgehead atoms. The fraction of sp³-hybridized carbons (Fsp3) is 0.333. The van der Waals surface area contributed by atoms with E-state index in [9.17, 15) is 17.6 Å². The number of hydrogen-bond acceptors (Lipinski definition) is 7. The Bertz CT molecular complexity index is 1310. The highest BCUT2D eigenvalue weighted by molar-refractivity contribution is 5.99.